The lowest BCUT2D eigenvalue weighted by Crippen LogP contribution is -2.40. The number of amides is 3. The van der Waals surface area contributed by atoms with E-state index in [0.29, 0.717) is 22.4 Å². The molecule has 0 saturated carbocycles. The van der Waals surface area contributed by atoms with E-state index >= 15 is 0 Å². The molecular weight excluding hydrogens is 519 g/mol. The topological polar surface area (TPSA) is 91.4 Å². The highest BCUT2D eigenvalue weighted by Gasteiger charge is 2.23. The number of rotatable bonds is 10. The molecule has 1 heterocycles. The van der Waals surface area contributed by atoms with Crippen molar-refractivity contribution in [3.8, 4) is 0 Å². The molecule has 0 saturated heterocycles. The number of halogens is 2. The number of anilines is 1. The van der Waals surface area contributed by atoms with Crippen molar-refractivity contribution in [2.45, 2.75) is 33.2 Å². The molecule has 1 atom stereocenters. The van der Waals surface area contributed by atoms with Gasteiger partial charge in [0.1, 0.15) is 6.54 Å². The van der Waals surface area contributed by atoms with Crippen LogP contribution < -0.4 is 10.6 Å². The molecule has 190 valence electrons. The SMILES string of the molecule is CC(C)CN(CC(=O)Nc1nc(CC(=O)N[C@H](C)c2ccccc2)cs1)C(=O)c1ccc(Cl)cc1Cl. The Morgan fingerprint density at radius 2 is 1.75 bits per heavy atom. The van der Waals surface area contributed by atoms with E-state index in [0.717, 1.165) is 5.56 Å². The third-order valence-corrected chi connectivity index (χ3v) is 6.54. The molecule has 0 aliphatic heterocycles. The summed E-state index contributed by atoms with van der Waals surface area (Å²) in [6.07, 6.45) is 0.0938. The molecule has 3 rings (SSSR count). The number of carbonyl (C=O) groups is 3. The number of benzene rings is 2. The summed E-state index contributed by atoms with van der Waals surface area (Å²) >= 11 is 13.4. The van der Waals surface area contributed by atoms with Gasteiger partial charge in [0, 0.05) is 16.9 Å². The molecule has 0 fully saturated rings. The summed E-state index contributed by atoms with van der Waals surface area (Å²) < 4.78 is 0. The van der Waals surface area contributed by atoms with Gasteiger partial charge in [-0.15, -0.1) is 11.3 Å². The maximum Gasteiger partial charge on any atom is 0.255 e. The van der Waals surface area contributed by atoms with Crippen molar-refractivity contribution in [2.24, 2.45) is 5.92 Å². The Bertz CT molecular complexity index is 1220. The lowest BCUT2D eigenvalue weighted by Gasteiger charge is -2.24. The van der Waals surface area contributed by atoms with Gasteiger partial charge in [0.2, 0.25) is 11.8 Å². The molecule has 0 aliphatic carbocycles. The van der Waals surface area contributed by atoms with E-state index in [-0.39, 0.29) is 47.3 Å². The Kier molecular flexibility index (Phi) is 9.87. The van der Waals surface area contributed by atoms with Crippen molar-refractivity contribution in [3.05, 3.63) is 80.8 Å². The zero-order valence-corrected chi connectivity index (χ0v) is 22.6. The van der Waals surface area contributed by atoms with Crippen LogP contribution in [0.2, 0.25) is 10.0 Å². The smallest absolute Gasteiger partial charge is 0.255 e. The van der Waals surface area contributed by atoms with Gasteiger partial charge in [0.25, 0.3) is 5.91 Å². The zero-order chi connectivity index (χ0) is 26.2. The quantitative estimate of drug-likeness (QED) is 0.346. The Hall–Kier alpha value is -2.94. The van der Waals surface area contributed by atoms with Crippen molar-refractivity contribution in [2.75, 3.05) is 18.4 Å². The van der Waals surface area contributed by atoms with Gasteiger partial charge in [-0.2, -0.15) is 0 Å². The second-order valence-electron chi connectivity index (χ2n) is 8.77. The molecule has 0 bridgehead atoms. The van der Waals surface area contributed by atoms with Gasteiger partial charge in [-0.1, -0.05) is 67.4 Å². The summed E-state index contributed by atoms with van der Waals surface area (Å²) in [7, 11) is 0. The second-order valence-corrected chi connectivity index (χ2v) is 10.5. The summed E-state index contributed by atoms with van der Waals surface area (Å²) in [6, 6.07) is 14.2. The van der Waals surface area contributed by atoms with E-state index in [1.807, 2.05) is 51.1 Å². The molecule has 3 aromatic rings. The maximum atomic E-state index is 13.1. The first kappa shape index (κ1) is 27.6. The minimum absolute atomic E-state index is 0.0938. The molecule has 1 aromatic heterocycles. The predicted octanol–water partition coefficient (Wildman–Crippen LogP) is 5.61. The first-order valence-electron chi connectivity index (χ1n) is 11.4. The molecule has 0 radical (unpaired) electrons. The van der Waals surface area contributed by atoms with Gasteiger partial charge in [-0.25, -0.2) is 4.98 Å². The average Bonchev–Trinajstić information content (AvgIpc) is 3.24. The normalized spacial score (nSPS) is 11.7. The summed E-state index contributed by atoms with van der Waals surface area (Å²) in [5.74, 6) is -0.777. The van der Waals surface area contributed by atoms with Gasteiger partial charge in [0.15, 0.2) is 5.13 Å². The molecule has 36 heavy (non-hydrogen) atoms. The van der Waals surface area contributed by atoms with Crippen LogP contribution >= 0.6 is 34.5 Å². The van der Waals surface area contributed by atoms with Gasteiger partial charge >= 0.3 is 0 Å². The van der Waals surface area contributed by atoms with Crippen LogP contribution in [0.3, 0.4) is 0 Å². The number of thiazole rings is 1. The van der Waals surface area contributed by atoms with Crippen LogP contribution in [0, 0.1) is 5.92 Å². The zero-order valence-electron chi connectivity index (χ0n) is 20.3. The van der Waals surface area contributed by atoms with Gasteiger partial charge in [-0.05, 0) is 36.6 Å². The molecule has 0 aliphatic rings. The molecule has 3 amide bonds. The summed E-state index contributed by atoms with van der Waals surface area (Å²) in [5, 5.41) is 8.42. The van der Waals surface area contributed by atoms with E-state index < -0.39 is 5.91 Å². The van der Waals surface area contributed by atoms with Gasteiger partial charge < -0.3 is 15.5 Å². The highest BCUT2D eigenvalue weighted by molar-refractivity contribution is 7.13. The number of aromatic nitrogens is 1. The van der Waals surface area contributed by atoms with E-state index in [1.54, 1.807) is 17.5 Å². The summed E-state index contributed by atoms with van der Waals surface area (Å²) in [4.78, 5) is 44.1. The number of hydrogen-bond donors (Lipinski definition) is 2. The number of carbonyl (C=O) groups excluding carboxylic acids is 3. The molecule has 2 N–H and O–H groups in total. The molecular formula is C26H28Cl2N4O3S. The van der Waals surface area contributed by atoms with Crippen molar-refractivity contribution >= 4 is 57.4 Å². The predicted molar refractivity (Wildman–Crippen MR) is 145 cm³/mol. The molecule has 10 heteroatoms. The molecule has 2 aromatic carbocycles. The third-order valence-electron chi connectivity index (χ3n) is 5.19. The van der Waals surface area contributed by atoms with Gasteiger partial charge in [-0.3, -0.25) is 14.4 Å². The maximum absolute atomic E-state index is 13.1. The van der Waals surface area contributed by atoms with Crippen LogP contribution in [0.5, 0.6) is 0 Å². The Labute approximate surface area is 224 Å². The Morgan fingerprint density at radius 3 is 2.42 bits per heavy atom. The summed E-state index contributed by atoms with van der Waals surface area (Å²) in [5.41, 5.74) is 1.84. The lowest BCUT2D eigenvalue weighted by molar-refractivity contribution is -0.121. The largest absolute Gasteiger partial charge is 0.349 e. The van der Waals surface area contributed by atoms with Crippen molar-refractivity contribution in [1.29, 1.82) is 0 Å². The average molecular weight is 548 g/mol. The van der Waals surface area contributed by atoms with Crippen LogP contribution in [-0.4, -0.2) is 40.7 Å². The molecule has 0 unspecified atom stereocenters. The highest BCUT2D eigenvalue weighted by Crippen LogP contribution is 2.23. The van der Waals surface area contributed by atoms with Crippen LogP contribution in [0.4, 0.5) is 5.13 Å². The number of nitrogens with zero attached hydrogens (tertiary/aromatic N) is 2. The standard InChI is InChI=1S/C26H28Cl2N4O3S/c1-16(2)13-32(25(35)21-10-9-19(27)11-22(21)28)14-24(34)31-26-30-20(15-36-26)12-23(33)29-17(3)18-7-5-4-6-8-18/h4-11,15-17H,12-14H2,1-3H3,(H,29,33)(H,30,31,34)/t17-/m1/s1. The van der Waals surface area contributed by atoms with Crippen LogP contribution in [0.15, 0.2) is 53.9 Å². The van der Waals surface area contributed by atoms with Crippen LogP contribution in [0.1, 0.15) is 48.4 Å². The molecule has 7 nitrogen and oxygen atoms in total. The summed E-state index contributed by atoms with van der Waals surface area (Å²) in [6.45, 7) is 6.03. The van der Waals surface area contributed by atoms with Gasteiger partial charge in [0.05, 0.1) is 28.7 Å². The highest BCUT2D eigenvalue weighted by atomic mass is 35.5. The Morgan fingerprint density at radius 1 is 1.03 bits per heavy atom. The fourth-order valence-corrected chi connectivity index (χ4v) is 4.77. The van der Waals surface area contributed by atoms with E-state index in [1.165, 1.54) is 22.3 Å². The third kappa shape index (κ3) is 8.05. The monoisotopic (exact) mass is 546 g/mol. The van der Waals surface area contributed by atoms with E-state index in [9.17, 15) is 14.4 Å². The fourth-order valence-electron chi connectivity index (χ4n) is 3.55. The minimum Gasteiger partial charge on any atom is -0.349 e. The van der Waals surface area contributed by atoms with Crippen molar-refractivity contribution in [3.63, 3.8) is 0 Å². The van der Waals surface area contributed by atoms with E-state index in [4.69, 9.17) is 23.2 Å². The van der Waals surface area contributed by atoms with Crippen molar-refractivity contribution < 1.29 is 14.4 Å². The first-order valence-corrected chi connectivity index (χ1v) is 13.1. The first-order chi connectivity index (χ1) is 17.1. The van der Waals surface area contributed by atoms with Crippen LogP contribution in [0.25, 0.3) is 0 Å². The van der Waals surface area contributed by atoms with E-state index in [2.05, 4.69) is 15.6 Å². The lowest BCUT2D eigenvalue weighted by atomic mass is 10.1. The fraction of sp³-hybridized carbons (Fsp3) is 0.308. The number of nitrogens with one attached hydrogen (secondary N) is 2. The van der Waals surface area contributed by atoms with Crippen LogP contribution in [-0.2, 0) is 16.0 Å². The number of hydrogen-bond acceptors (Lipinski definition) is 5. The Balaban J connectivity index is 1.58. The van der Waals surface area contributed by atoms with Crippen molar-refractivity contribution in [1.82, 2.24) is 15.2 Å². The minimum atomic E-state index is -0.392. The second kappa shape index (κ2) is 12.9. The molecule has 0 spiro atoms.